The number of ether oxygens (including phenoxy) is 2. The highest BCUT2D eigenvalue weighted by molar-refractivity contribution is 6.27. The number of aromatic nitrogens is 2. The molecule has 0 N–H and O–H groups in total. The van der Waals surface area contributed by atoms with Gasteiger partial charge in [0.2, 0.25) is 17.7 Å². The normalized spacial score (nSPS) is 18.8. The Morgan fingerprint density at radius 2 is 2.22 bits per heavy atom. The van der Waals surface area contributed by atoms with Crippen LogP contribution in [0.4, 0.5) is 0 Å². The molecule has 1 aromatic heterocycles. The molecule has 1 saturated heterocycles. The maximum absolute atomic E-state index is 11.4. The number of alkyl halides is 1. The van der Waals surface area contributed by atoms with Gasteiger partial charge in [-0.3, -0.25) is 4.79 Å². The maximum Gasteiger partial charge on any atom is 0.237 e. The Balaban J connectivity index is 1.89. The standard InChI is InChI=1S/C11H14ClN3O3/c1-17-9-2-3-10(14-13-9)18-8-4-5-15(7-8)11(16)6-12/h2-3,8H,4-7H2,1H3. The lowest BCUT2D eigenvalue weighted by atomic mass is 10.3. The summed E-state index contributed by atoms with van der Waals surface area (Å²) in [5, 5.41) is 7.69. The molecule has 1 unspecified atom stereocenters. The van der Waals surface area contributed by atoms with Crippen LogP contribution in [0.15, 0.2) is 12.1 Å². The number of amides is 1. The van der Waals surface area contributed by atoms with Crippen LogP contribution in [-0.4, -0.2) is 53.2 Å². The Morgan fingerprint density at radius 3 is 2.83 bits per heavy atom. The van der Waals surface area contributed by atoms with E-state index in [-0.39, 0.29) is 17.9 Å². The minimum Gasteiger partial charge on any atom is -0.480 e. The molecule has 7 heteroatoms. The minimum absolute atomic E-state index is 0.00899. The van der Waals surface area contributed by atoms with Gasteiger partial charge in [0.1, 0.15) is 12.0 Å². The first-order valence-electron chi connectivity index (χ1n) is 5.61. The Morgan fingerprint density at radius 1 is 1.50 bits per heavy atom. The molecular formula is C11H14ClN3O3. The lowest BCUT2D eigenvalue weighted by Crippen LogP contribution is -2.31. The van der Waals surface area contributed by atoms with E-state index in [0.717, 1.165) is 6.42 Å². The van der Waals surface area contributed by atoms with E-state index in [4.69, 9.17) is 21.1 Å². The second-order valence-electron chi connectivity index (χ2n) is 3.92. The van der Waals surface area contributed by atoms with Crippen molar-refractivity contribution in [3.63, 3.8) is 0 Å². The summed E-state index contributed by atoms with van der Waals surface area (Å²) >= 11 is 5.51. The molecule has 2 heterocycles. The Kier molecular flexibility index (Phi) is 4.19. The molecule has 1 aliphatic heterocycles. The lowest BCUT2D eigenvalue weighted by molar-refractivity contribution is -0.127. The van der Waals surface area contributed by atoms with Crippen LogP contribution in [0.3, 0.4) is 0 Å². The molecule has 18 heavy (non-hydrogen) atoms. The molecule has 6 nitrogen and oxygen atoms in total. The molecule has 1 amide bonds. The van der Waals surface area contributed by atoms with Crippen LogP contribution in [-0.2, 0) is 4.79 Å². The van der Waals surface area contributed by atoms with Crippen molar-refractivity contribution in [2.24, 2.45) is 0 Å². The Labute approximate surface area is 110 Å². The molecule has 1 atom stereocenters. The van der Waals surface area contributed by atoms with E-state index in [1.807, 2.05) is 0 Å². The molecule has 0 spiro atoms. The van der Waals surface area contributed by atoms with Crippen LogP contribution in [0.2, 0.25) is 0 Å². The van der Waals surface area contributed by atoms with E-state index >= 15 is 0 Å². The molecule has 1 fully saturated rings. The predicted octanol–water partition coefficient (Wildman–Crippen LogP) is 0.704. The van der Waals surface area contributed by atoms with Crippen LogP contribution in [0.25, 0.3) is 0 Å². The van der Waals surface area contributed by atoms with Crippen molar-refractivity contribution in [1.82, 2.24) is 15.1 Å². The van der Waals surface area contributed by atoms with Crippen molar-refractivity contribution in [2.75, 3.05) is 26.1 Å². The van der Waals surface area contributed by atoms with E-state index in [2.05, 4.69) is 10.2 Å². The monoisotopic (exact) mass is 271 g/mol. The third kappa shape index (κ3) is 3.01. The zero-order chi connectivity index (χ0) is 13.0. The summed E-state index contributed by atoms with van der Waals surface area (Å²) in [5.74, 6) is 0.812. The van der Waals surface area contributed by atoms with Gasteiger partial charge in [0.05, 0.1) is 13.7 Å². The maximum atomic E-state index is 11.4. The van der Waals surface area contributed by atoms with Crippen LogP contribution >= 0.6 is 11.6 Å². The molecule has 0 radical (unpaired) electrons. The van der Waals surface area contributed by atoms with Crippen LogP contribution in [0.1, 0.15) is 6.42 Å². The summed E-state index contributed by atoms with van der Waals surface area (Å²) < 4.78 is 10.5. The van der Waals surface area contributed by atoms with Gasteiger partial charge in [-0.2, -0.15) is 0 Å². The Hall–Kier alpha value is -1.56. The minimum atomic E-state index is -0.0661. The lowest BCUT2D eigenvalue weighted by Gasteiger charge is -2.15. The second kappa shape index (κ2) is 5.86. The summed E-state index contributed by atoms with van der Waals surface area (Å²) in [4.78, 5) is 13.1. The molecule has 0 aliphatic carbocycles. The predicted molar refractivity (Wildman–Crippen MR) is 64.9 cm³/mol. The van der Waals surface area contributed by atoms with Crippen LogP contribution in [0, 0.1) is 0 Å². The van der Waals surface area contributed by atoms with Crippen molar-refractivity contribution in [3.8, 4) is 11.8 Å². The van der Waals surface area contributed by atoms with E-state index in [1.165, 1.54) is 7.11 Å². The number of hydrogen-bond donors (Lipinski definition) is 0. The molecule has 0 bridgehead atoms. The first kappa shape index (κ1) is 12.9. The van der Waals surface area contributed by atoms with Crippen molar-refractivity contribution < 1.29 is 14.3 Å². The number of hydrogen-bond acceptors (Lipinski definition) is 5. The number of halogens is 1. The van der Waals surface area contributed by atoms with Crippen molar-refractivity contribution in [3.05, 3.63) is 12.1 Å². The highest BCUT2D eigenvalue weighted by Gasteiger charge is 2.27. The van der Waals surface area contributed by atoms with Gasteiger partial charge in [-0.05, 0) is 0 Å². The largest absolute Gasteiger partial charge is 0.480 e. The molecule has 1 aromatic rings. The van der Waals surface area contributed by atoms with Crippen molar-refractivity contribution in [1.29, 1.82) is 0 Å². The van der Waals surface area contributed by atoms with Gasteiger partial charge in [-0.1, -0.05) is 0 Å². The molecule has 0 aromatic carbocycles. The second-order valence-corrected chi connectivity index (χ2v) is 4.18. The average molecular weight is 272 g/mol. The first-order chi connectivity index (χ1) is 8.72. The zero-order valence-corrected chi connectivity index (χ0v) is 10.8. The molecular weight excluding hydrogens is 258 g/mol. The zero-order valence-electron chi connectivity index (χ0n) is 10.0. The van der Waals surface area contributed by atoms with Gasteiger partial charge in [-0.15, -0.1) is 21.8 Å². The van der Waals surface area contributed by atoms with Gasteiger partial charge in [0.25, 0.3) is 0 Å². The van der Waals surface area contributed by atoms with E-state index in [0.29, 0.717) is 24.8 Å². The summed E-state index contributed by atoms with van der Waals surface area (Å²) in [5.41, 5.74) is 0. The topological polar surface area (TPSA) is 64.6 Å². The molecule has 98 valence electrons. The summed E-state index contributed by atoms with van der Waals surface area (Å²) in [7, 11) is 1.52. The van der Waals surface area contributed by atoms with Crippen molar-refractivity contribution in [2.45, 2.75) is 12.5 Å². The number of methoxy groups -OCH3 is 1. The number of carbonyl (C=O) groups excluding carboxylic acids is 1. The highest BCUT2D eigenvalue weighted by atomic mass is 35.5. The average Bonchev–Trinajstić information content (AvgIpc) is 2.87. The number of nitrogens with zero attached hydrogens (tertiary/aromatic N) is 3. The molecule has 1 aliphatic rings. The van der Waals surface area contributed by atoms with Crippen LogP contribution in [0.5, 0.6) is 11.8 Å². The smallest absolute Gasteiger partial charge is 0.237 e. The van der Waals surface area contributed by atoms with Gasteiger partial charge in [0.15, 0.2) is 0 Å². The first-order valence-corrected chi connectivity index (χ1v) is 6.14. The highest BCUT2D eigenvalue weighted by Crippen LogP contribution is 2.17. The third-order valence-electron chi connectivity index (χ3n) is 2.72. The van der Waals surface area contributed by atoms with Crippen LogP contribution < -0.4 is 9.47 Å². The van der Waals surface area contributed by atoms with Gasteiger partial charge >= 0.3 is 0 Å². The van der Waals surface area contributed by atoms with Gasteiger partial charge in [-0.25, -0.2) is 0 Å². The fraction of sp³-hybridized carbons (Fsp3) is 0.545. The molecule has 0 saturated carbocycles. The summed E-state index contributed by atoms with van der Waals surface area (Å²) in [6.45, 7) is 1.21. The fourth-order valence-electron chi connectivity index (χ4n) is 1.79. The molecule has 2 rings (SSSR count). The number of carbonyl (C=O) groups is 1. The third-order valence-corrected chi connectivity index (χ3v) is 2.95. The van der Waals surface area contributed by atoms with E-state index in [1.54, 1.807) is 17.0 Å². The summed E-state index contributed by atoms with van der Waals surface area (Å²) in [6.07, 6.45) is 0.718. The fourth-order valence-corrected chi connectivity index (χ4v) is 1.95. The SMILES string of the molecule is COc1ccc(OC2CCN(C(=O)CCl)C2)nn1. The van der Waals surface area contributed by atoms with Gasteiger partial charge < -0.3 is 14.4 Å². The number of likely N-dealkylation sites (tertiary alicyclic amines) is 1. The summed E-state index contributed by atoms with van der Waals surface area (Å²) in [6, 6.07) is 3.37. The van der Waals surface area contributed by atoms with E-state index < -0.39 is 0 Å². The quantitative estimate of drug-likeness (QED) is 0.755. The Bertz CT molecular complexity index is 412. The van der Waals surface area contributed by atoms with Crippen molar-refractivity contribution >= 4 is 17.5 Å². The number of rotatable bonds is 4. The van der Waals surface area contributed by atoms with E-state index in [9.17, 15) is 4.79 Å². The van der Waals surface area contributed by atoms with Gasteiger partial charge in [0, 0.05) is 25.1 Å².